The Hall–Kier alpha value is -1.27. The molecule has 1 rings (SSSR count). The zero-order valence-corrected chi connectivity index (χ0v) is 11.2. The minimum Gasteiger partial charge on any atom is -0.497 e. The summed E-state index contributed by atoms with van der Waals surface area (Å²) in [5, 5.41) is 0. The minimum absolute atomic E-state index is 0.249. The quantitative estimate of drug-likeness (QED) is 0.794. The molecule has 0 heterocycles. The third-order valence-corrected chi connectivity index (χ3v) is 3.71. The summed E-state index contributed by atoms with van der Waals surface area (Å²) in [5.74, 6) is 1.31. The first kappa shape index (κ1) is 13.8. The smallest absolute Gasteiger partial charge is 0.211 e. The lowest BCUT2D eigenvalue weighted by molar-refractivity contribution is 0.389. The lowest BCUT2D eigenvalue weighted by Crippen LogP contribution is -2.25. The summed E-state index contributed by atoms with van der Waals surface area (Å²) in [6, 6.07) is 5.29. The van der Waals surface area contributed by atoms with Crippen molar-refractivity contribution in [1.29, 1.82) is 0 Å². The molecule has 0 bridgehead atoms. The van der Waals surface area contributed by atoms with Crippen LogP contribution in [-0.4, -0.2) is 40.2 Å². The number of sulfonamides is 1. The van der Waals surface area contributed by atoms with Gasteiger partial charge in [0.05, 0.1) is 20.5 Å². The number of ether oxygens (including phenoxy) is 2. The van der Waals surface area contributed by atoms with Gasteiger partial charge in [0.25, 0.3) is 0 Å². The van der Waals surface area contributed by atoms with E-state index < -0.39 is 10.0 Å². The molecule has 5 nitrogen and oxygen atoms in total. The second kappa shape index (κ2) is 5.37. The molecular weight excluding hydrogens is 242 g/mol. The van der Waals surface area contributed by atoms with Crippen LogP contribution in [0.3, 0.4) is 0 Å². The fourth-order valence-corrected chi connectivity index (χ4v) is 1.74. The lowest BCUT2D eigenvalue weighted by Gasteiger charge is -2.16. The van der Waals surface area contributed by atoms with Crippen molar-refractivity contribution in [3.8, 4) is 11.5 Å². The van der Waals surface area contributed by atoms with E-state index in [4.69, 9.17) is 9.47 Å². The predicted octanol–water partition coefficient (Wildman–Crippen LogP) is 1.10. The van der Waals surface area contributed by atoms with Crippen molar-refractivity contribution in [2.24, 2.45) is 0 Å². The van der Waals surface area contributed by atoms with Gasteiger partial charge in [0, 0.05) is 19.2 Å². The number of rotatable bonds is 5. The lowest BCUT2D eigenvalue weighted by atomic mass is 10.2. The zero-order chi connectivity index (χ0) is 13.1. The average Bonchev–Trinajstić information content (AvgIpc) is 2.27. The van der Waals surface area contributed by atoms with Crippen LogP contribution in [0.1, 0.15) is 5.56 Å². The molecule has 0 spiro atoms. The van der Waals surface area contributed by atoms with Gasteiger partial charge in [-0.15, -0.1) is 0 Å². The highest BCUT2D eigenvalue weighted by Gasteiger charge is 2.14. The summed E-state index contributed by atoms with van der Waals surface area (Å²) < 4.78 is 34.2. The molecule has 0 fully saturated rings. The average molecular weight is 259 g/mol. The maximum absolute atomic E-state index is 11.3. The van der Waals surface area contributed by atoms with Crippen molar-refractivity contribution < 1.29 is 17.9 Å². The zero-order valence-electron chi connectivity index (χ0n) is 10.4. The van der Waals surface area contributed by atoms with E-state index in [-0.39, 0.29) is 6.54 Å². The van der Waals surface area contributed by atoms with Gasteiger partial charge in [-0.1, -0.05) is 0 Å². The molecule has 0 aliphatic rings. The highest BCUT2D eigenvalue weighted by molar-refractivity contribution is 7.88. The Kier molecular flexibility index (Phi) is 4.36. The van der Waals surface area contributed by atoms with Gasteiger partial charge in [0.2, 0.25) is 10.0 Å². The second-order valence-electron chi connectivity index (χ2n) is 3.70. The molecule has 0 amide bonds. The van der Waals surface area contributed by atoms with Gasteiger partial charge in [-0.2, -0.15) is 0 Å². The van der Waals surface area contributed by atoms with Gasteiger partial charge in [-0.3, -0.25) is 0 Å². The summed E-state index contributed by atoms with van der Waals surface area (Å²) in [6.07, 6.45) is 1.17. The van der Waals surface area contributed by atoms with E-state index in [1.54, 1.807) is 32.4 Å². The van der Waals surface area contributed by atoms with E-state index in [9.17, 15) is 8.42 Å². The van der Waals surface area contributed by atoms with Crippen LogP contribution in [0.4, 0.5) is 0 Å². The van der Waals surface area contributed by atoms with Crippen LogP contribution in [-0.2, 0) is 16.6 Å². The molecule has 1 aromatic carbocycles. The van der Waals surface area contributed by atoms with Crippen LogP contribution in [0.2, 0.25) is 0 Å². The molecule has 1 aromatic rings. The number of benzene rings is 1. The number of hydrogen-bond acceptors (Lipinski definition) is 4. The molecule has 0 aromatic heterocycles. The molecule has 0 atom stereocenters. The van der Waals surface area contributed by atoms with E-state index in [1.165, 1.54) is 17.6 Å². The first-order valence-corrected chi connectivity index (χ1v) is 6.85. The maximum atomic E-state index is 11.3. The van der Waals surface area contributed by atoms with Crippen LogP contribution in [0.15, 0.2) is 18.2 Å². The molecule has 0 aliphatic carbocycles. The summed E-state index contributed by atoms with van der Waals surface area (Å²) in [7, 11) is 1.42. The fourth-order valence-electron chi connectivity index (χ4n) is 1.36. The Morgan fingerprint density at radius 1 is 1.24 bits per heavy atom. The van der Waals surface area contributed by atoms with E-state index in [0.29, 0.717) is 11.5 Å². The normalized spacial score (nSPS) is 11.6. The van der Waals surface area contributed by atoms with Crippen LogP contribution >= 0.6 is 0 Å². The van der Waals surface area contributed by atoms with Gasteiger partial charge in [0.15, 0.2) is 0 Å². The van der Waals surface area contributed by atoms with E-state index in [1.807, 2.05) is 0 Å². The van der Waals surface area contributed by atoms with Crippen LogP contribution in [0.5, 0.6) is 11.5 Å². The monoisotopic (exact) mass is 259 g/mol. The van der Waals surface area contributed by atoms with Crippen molar-refractivity contribution in [1.82, 2.24) is 4.31 Å². The third kappa shape index (κ3) is 3.61. The molecule has 17 heavy (non-hydrogen) atoms. The molecule has 0 saturated carbocycles. The van der Waals surface area contributed by atoms with Crippen LogP contribution < -0.4 is 9.47 Å². The summed E-state index contributed by atoms with van der Waals surface area (Å²) in [5.41, 5.74) is 0.764. The van der Waals surface area contributed by atoms with E-state index in [0.717, 1.165) is 5.56 Å². The SMILES string of the molecule is COc1ccc(OC)c(CN(C)S(C)(=O)=O)c1. The van der Waals surface area contributed by atoms with E-state index in [2.05, 4.69) is 0 Å². The first-order chi connectivity index (χ1) is 7.88. The highest BCUT2D eigenvalue weighted by atomic mass is 32.2. The Bertz CT molecular complexity index is 484. The number of hydrogen-bond donors (Lipinski definition) is 0. The Morgan fingerprint density at radius 2 is 1.88 bits per heavy atom. The largest absolute Gasteiger partial charge is 0.497 e. The third-order valence-electron chi connectivity index (χ3n) is 2.45. The van der Waals surface area contributed by atoms with Gasteiger partial charge < -0.3 is 9.47 Å². The van der Waals surface area contributed by atoms with Crippen molar-refractivity contribution in [3.63, 3.8) is 0 Å². The second-order valence-corrected chi connectivity index (χ2v) is 5.79. The first-order valence-electron chi connectivity index (χ1n) is 5.00. The molecule has 0 saturated heterocycles. The molecule has 0 aliphatic heterocycles. The molecule has 96 valence electrons. The Balaban J connectivity index is 3.03. The number of nitrogens with zero attached hydrogens (tertiary/aromatic N) is 1. The van der Waals surface area contributed by atoms with Crippen molar-refractivity contribution in [2.75, 3.05) is 27.5 Å². The molecule has 0 radical (unpaired) electrons. The van der Waals surface area contributed by atoms with Crippen LogP contribution in [0, 0.1) is 0 Å². The summed E-state index contributed by atoms with van der Waals surface area (Å²) in [6.45, 7) is 0.249. The standard InChI is InChI=1S/C11H17NO4S/c1-12(17(4,13)14)8-9-7-10(15-2)5-6-11(9)16-3/h5-7H,8H2,1-4H3. The van der Waals surface area contributed by atoms with Crippen molar-refractivity contribution >= 4 is 10.0 Å². The van der Waals surface area contributed by atoms with E-state index >= 15 is 0 Å². The van der Waals surface area contributed by atoms with Gasteiger partial charge in [-0.25, -0.2) is 12.7 Å². The van der Waals surface area contributed by atoms with Gasteiger partial charge in [-0.05, 0) is 18.2 Å². The maximum Gasteiger partial charge on any atom is 0.211 e. The van der Waals surface area contributed by atoms with Crippen molar-refractivity contribution in [3.05, 3.63) is 23.8 Å². The fraction of sp³-hybridized carbons (Fsp3) is 0.455. The summed E-state index contributed by atoms with van der Waals surface area (Å²) in [4.78, 5) is 0. The topological polar surface area (TPSA) is 55.8 Å². The molecular formula is C11H17NO4S. The molecule has 0 unspecified atom stereocenters. The van der Waals surface area contributed by atoms with Gasteiger partial charge in [0.1, 0.15) is 11.5 Å². The predicted molar refractivity (Wildman–Crippen MR) is 65.9 cm³/mol. The van der Waals surface area contributed by atoms with Gasteiger partial charge >= 0.3 is 0 Å². The Morgan fingerprint density at radius 3 is 2.35 bits per heavy atom. The molecule has 0 N–H and O–H groups in total. The summed E-state index contributed by atoms with van der Waals surface area (Å²) >= 11 is 0. The number of methoxy groups -OCH3 is 2. The molecule has 6 heteroatoms. The minimum atomic E-state index is -3.21. The Labute approximate surface area is 102 Å². The van der Waals surface area contributed by atoms with Crippen LogP contribution in [0.25, 0.3) is 0 Å². The van der Waals surface area contributed by atoms with Crippen molar-refractivity contribution in [2.45, 2.75) is 6.54 Å². The highest BCUT2D eigenvalue weighted by Crippen LogP contribution is 2.25.